The standard InChI is InChI=1S/C15H17BrN2/c1-12(14-5-2-6-15(16)10-14)18-9-7-13-4-3-8-17-11-13/h2-6,8,10-12,18H,7,9H2,1H3. The van der Waals surface area contributed by atoms with Gasteiger partial charge in [0.1, 0.15) is 0 Å². The molecule has 3 heteroatoms. The van der Waals surface area contributed by atoms with E-state index in [1.165, 1.54) is 11.1 Å². The van der Waals surface area contributed by atoms with Gasteiger partial charge in [0.25, 0.3) is 0 Å². The van der Waals surface area contributed by atoms with Crippen LogP contribution in [0.15, 0.2) is 53.3 Å². The highest BCUT2D eigenvalue weighted by atomic mass is 79.9. The molecule has 0 aliphatic carbocycles. The number of hydrogen-bond acceptors (Lipinski definition) is 2. The van der Waals surface area contributed by atoms with Crippen molar-refractivity contribution in [3.8, 4) is 0 Å². The minimum Gasteiger partial charge on any atom is -0.310 e. The predicted molar refractivity (Wildman–Crippen MR) is 78.5 cm³/mol. The molecule has 1 atom stereocenters. The fourth-order valence-corrected chi connectivity index (χ4v) is 2.29. The summed E-state index contributed by atoms with van der Waals surface area (Å²) >= 11 is 3.50. The van der Waals surface area contributed by atoms with Gasteiger partial charge >= 0.3 is 0 Å². The van der Waals surface area contributed by atoms with Gasteiger partial charge in [0.2, 0.25) is 0 Å². The van der Waals surface area contributed by atoms with E-state index in [2.05, 4.69) is 57.4 Å². The number of aromatic nitrogens is 1. The number of halogens is 1. The lowest BCUT2D eigenvalue weighted by atomic mass is 10.1. The monoisotopic (exact) mass is 304 g/mol. The second kappa shape index (κ2) is 6.66. The van der Waals surface area contributed by atoms with Crippen molar-refractivity contribution in [2.45, 2.75) is 19.4 Å². The molecule has 0 fully saturated rings. The van der Waals surface area contributed by atoms with E-state index in [0.717, 1.165) is 17.4 Å². The van der Waals surface area contributed by atoms with Crippen molar-refractivity contribution in [1.82, 2.24) is 10.3 Å². The Kier molecular flexibility index (Phi) is 4.90. The number of hydrogen-bond donors (Lipinski definition) is 1. The van der Waals surface area contributed by atoms with Crippen LogP contribution in [0.25, 0.3) is 0 Å². The third-order valence-electron chi connectivity index (χ3n) is 2.94. The van der Waals surface area contributed by atoms with Gasteiger partial charge < -0.3 is 5.32 Å². The van der Waals surface area contributed by atoms with Gasteiger partial charge in [-0.15, -0.1) is 0 Å². The van der Waals surface area contributed by atoms with Crippen molar-refractivity contribution in [1.29, 1.82) is 0 Å². The zero-order chi connectivity index (χ0) is 12.8. The molecular weight excluding hydrogens is 288 g/mol. The number of benzene rings is 1. The van der Waals surface area contributed by atoms with E-state index < -0.39 is 0 Å². The second-order valence-electron chi connectivity index (χ2n) is 4.34. The van der Waals surface area contributed by atoms with E-state index >= 15 is 0 Å². The maximum Gasteiger partial charge on any atom is 0.0300 e. The summed E-state index contributed by atoms with van der Waals surface area (Å²) in [6.45, 7) is 3.14. The molecule has 2 rings (SSSR count). The molecule has 94 valence electrons. The van der Waals surface area contributed by atoms with Gasteiger partial charge in [-0.25, -0.2) is 0 Å². The number of nitrogens with zero attached hydrogens (tertiary/aromatic N) is 1. The number of rotatable bonds is 5. The lowest BCUT2D eigenvalue weighted by molar-refractivity contribution is 0.576. The van der Waals surface area contributed by atoms with E-state index in [1.54, 1.807) is 6.20 Å². The first kappa shape index (κ1) is 13.2. The molecule has 2 nitrogen and oxygen atoms in total. The smallest absolute Gasteiger partial charge is 0.0300 e. The molecule has 0 bridgehead atoms. The molecule has 1 aromatic carbocycles. The van der Waals surface area contributed by atoms with Crippen LogP contribution in [0, 0.1) is 0 Å². The van der Waals surface area contributed by atoms with Gasteiger partial charge in [-0.3, -0.25) is 4.98 Å². The van der Waals surface area contributed by atoms with Crippen LogP contribution >= 0.6 is 15.9 Å². The van der Waals surface area contributed by atoms with Gasteiger partial charge in [0, 0.05) is 22.9 Å². The average Bonchev–Trinajstić information content (AvgIpc) is 2.40. The van der Waals surface area contributed by atoms with E-state index in [1.807, 2.05) is 18.3 Å². The van der Waals surface area contributed by atoms with Gasteiger partial charge in [0.15, 0.2) is 0 Å². The van der Waals surface area contributed by atoms with Crippen LogP contribution in [-0.4, -0.2) is 11.5 Å². The lowest BCUT2D eigenvalue weighted by Gasteiger charge is -2.14. The molecule has 0 saturated heterocycles. The second-order valence-corrected chi connectivity index (χ2v) is 5.26. The summed E-state index contributed by atoms with van der Waals surface area (Å²) in [5, 5.41) is 3.53. The Morgan fingerprint density at radius 1 is 1.28 bits per heavy atom. The van der Waals surface area contributed by atoms with Crippen LogP contribution in [-0.2, 0) is 6.42 Å². The summed E-state index contributed by atoms with van der Waals surface area (Å²) in [5.41, 5.74) is 2.57. The van der Waals surface area contributed by atoms with E-state index in [-0.39, 0.29) is 0 Å². The van der Waals surface area contributed by atoms with Crippen molar-refractivity contribution in [2.75, 3.05) is 6.54 Å². The molecule has 0 spiro atoms. The zero-order valence-corrected chi connectivity index (χ0v) is 12.0. The molecule has 0 aliphatic heterocycles. The molecule has 0 amide bonds. The van der Waals surface area contributed by atoms with Crippen LogP contribution in [0.1, 0.15) is 24.1 Å². The summed E-state index contributed by atoms with van der Waals surface area (Å²) in [5.74, 6) is 0. The summed E-state index contributed by atoms with van der Waals surface area (Å²) < 4.78 is 1.13. The minimum atomic E-state index is 0.360. The maximum atomic E-state index is 4.12. The molecule has 1 aromatic heterocycles. The van der Waals surface area contributed by atoms with Crippen molar-refractivity contribution in [3.05, 3.63) is 64.4 Å². The fourth-order valence-electron chi connectivity index (χ4n) is 1.87. The lowest BCUT2D eigenvalue weighted by Crippen LogP contribution is -2.21. The molecule has 1 heterocycles. The zero-order valence-electron chi connectivity index (χ0n) is 10.4. The van der Waals surface area contributed by atoms with Crippen molar-refractivity contribution >= 4 is 15.9 Å². The highest BCUT2D eigenvalue weighted by Crippen LogP contribution is 2.17. The van der Waals surface area contributed by atoms with Gasteiger partial charge in [-0.05, 0) is 49.2 Å². The first-order chi connectivity index (χ1) is 8.75. The first-order valence-electron chi connectivity index (χ1n) is 6.13. The van der Waals surface area contributed by atoms with Crippen molar-refractivity contribution in [3.63, 3.8) is 0 Å². The van der Waals surface area contributed by atoms with Crippen LogP contribution in [0.2, 0.25) is 0 Å². The summed E-state index contributed by atoms with van der Waals surface area (Å²) in [6, 6.07) is 12.9. The first-order valence-corrected chi connectivity index (χ1v) is 6.93. The molecule has 0 saturated carbocycles. The Morgan fingerprint density at radius 3 is 2.89 bits per heavy atom. The topological polar surface area (TPSA) is 24.9 Å². The molecule has 1 N–H and O–H groups in total. The molecule has 0 aliphatic rings. The maximum absolute atomic E-state index is 4.12. The van der Waals surface area contributed by atoms with Crippen molar-refractivity contribution < 1.29 is 0 Å². The van der Waals surface area contributed by atoms with Crippen molar-refractivity contribution in [2.24, 2.45) is 0 Å². The SMILES string of the molecule is CC(NCCc1cccnc1)c1cccc(Br)c1. The number of pyridine rings is 1. The van der Waals surface area contributed by atoms with Crippen LogP contribution in [0.5, 0.6) is 0 Å². The largest absolute Gasteiger partial charge is 0.310 e. The molecule has 2 aromatic rings. The van der Waals surface area contributed by atoms with Crippen LogP contribution in [0.4, 0.5) is 0 Å². The number of nitrogens with one attached hydrogen (secondary N) is 1. The van der Waals surface area contributed by atoms with Gasteiger partial charge in [-0.2, -0.15) is 0 Å². The van der Waals surface area contributed by atoms with Gasteiger partial charge in [0.05, 0.1) is 0 Å². The Balaban J connectivity index is 1.83. The summed E-state index contributed by atoms with van der Waals surface area (Å²) in [7, 11) is 0. The average molecular weight is 305 g/mol. The quantitative estimate of drug-likeness (QED) is 0.910. The third-order valence-corrected chi connectivity index (χ3v) is 3.43. The fraction of sp³-hybridized carbons (Fsp3) is 0.267. The summed E-state index contributed by atoms with van der Waals surface area (Å²) in [4.78, 5) is 4.12. The molecule has 1 unspecified atom stereocenters. The highest BCUT2D eigenvalue weighted by molar-refractivity contribution is 9.10. The molecule has 18 heavy (non-hydrogen) atoms. The van der Waals surface area contributed by atoms with E-state index in [4.69, 9.17) is 0 Å². The van der Waals surface area contributed by atoms with E-state index in [0.29, 0.717) is 6.04 Å². The van der Waals surface area contributed by atoms with Gasteiger partial charge in [-0.1, -0.05) is 34.1 Å². The molecule has 0 radical (unpaired) electrons. The predicted octanol–water partition coefficient (Wildman–Crippen LogP) is 3.74. The minimum absolute atomic E-state index is 0.360. The normalized spacial score (nSPS) is 12.3. The third kappa shape index (κ3) is 3.93. The Labute approximate surface area is 117 Å². The van der Waals surface area contributed by atoms with Crippen LogP contribution in [0.3, 0.4) is 0 Å². The highest BCUT2D eigenvalue weighted by Gasteiger charge is 2.04. The van der Waals surface area contributed by atoms with Crippen LogP contribution < -0.4 is 5.32 Å². The Hall–Kier alpha value is -1.19. The summed E-state index contributed by atoms with van der Waals surface area (Å²) in [6.07, 6.45) is 4.73. The van der Waals surface area contributed by atoms with E-state index in [9.17, 15) is 0 Å². The Bertz CT molecular complexity index is 485. The molecular formula is C15H17BrN2. The Morgan fingerprint density at radius 2 is 2.17 bits per heavy atom.